The van der Waals surface area contributed by atoms with Gasteiger partial charge in [-0.15, -0.1) is 44.8 Å². The maximum atomic E-state index is 11.5. The Morgan fingerprint density at radius 2 is 0.727 bits per heavy atom. The van der Waals surface area contributed by atoms with Crippen LogP contribution in [0.3, 0.4) is 0 Å². The van der Waals surface area contributed by atoms with Crippen LogP contribution in [-0.4, -0.2) is 77.5 Å². The average Bonchev–Trinajstić information content (AvgIpc) is 2.83. The van der Waals surface area contributed by atoms with Crippen LogP contribution in [0.1, 0.15) is 0 Å². The van der Waals surface area contributed by atoms with Gasteiger partial charge in [0.1, 0.15) is 0 Å². The molecule has 4 amide bonds. The van der Waals surface area contributed by atoms with E-state index in [0.717, 1.165) is 0 Å². The molecule has 0 bridgehead atoms. The number of hydrogen-bond donors (Lipinski definition) is 4. The van der Waals surface area contributed by atoms with E-state index in [2.05, 4.69) is 47.6 Å². The number of nitrogens with one attached hydrogen (secondary N) is 4. The second kappa shape index (κ2) is 19.9. The molecule has 0 aromatic rings. The number of hydrogen-bond acceptors (Lipinski definition) is 8. The van der Waals surface area contributed by atoms with Crippen molar-refractivity contribution in [2.45, 2.75) is 0 Å². The maximum absolute atomic E-state index is 11.5. The Morgan fingerprint density at radius 1 is 0.515 bits per heavy atom. The first-order valence-electron chi connectivity index (χ1n) is 9.99. The fraction of sp³-hybridized carbons (Fsp3) is 0.400. The fourth-order valence-corrected chi connectivity index (χ4v) is 23.5. The van der Waals surface area contributed by atoms with Gasteiger partial charge < -0.3 is 21.3 Å². The van der Waals surface area contributed by atoms with E-state index in [9.17, 15) is 19.2 Å². The van der Waals surface area contributed by atoms with Crippen molar-refractivity contribution in [3.8, 4) is 0 Å². The highest BCUT2D eigenvalue weighted by Gasteiger charge is 2.36. The molecule has 13 heteroatoms. The van der Waals surface area contributed by atoms with Gasteiger partial charge in [0.15, 0.2) is 0 Å². The summed E-state index contributed by atoms with van der Waals surface area (Å²) in [5, 5.41) is 11.1. The molecule has 0 saturated heterocycles. The van der Waals surface area contributed by atoms with Gasteiger partial charge in [0, 0.05) is 49.2 Å². The summed E-state index contributed by atoms with van der Waals surface area (Å²) in [6.07, 6.45) is 4.95. The van der Waals surface area contributed by atoms with Crippen molar-refractivity contribution in [1.29, 1.82) is 0 Å². The van der Waals surface area contributed by atoms with E-state index in [1.165, 1.54) is 24.3 Å². The minimum absolute atomic E-state index is 0.220. The molecule has 184 valence electrons. The second-order valence-corrected chi connectivity index (χ2v) is 25.1. The Balaban J connectivity index is 5.15. The summed E-state index contributed by atoms with van der Waals surface area (Å²) >= 11 is 7.18. The van der Waals surface area contributed by atoms with E-state index in [-0.39, 0.29) is 23.6 Å². The summed E-state index contributed by atoms with van der Waals surface area (Å²) in [6, 6.07) is 0. The van der Waals surface area contributed by atoms with Crippen molar-refractivity contribution >= 4 is 73.1 Å². The lowest BCUT2D eigenvalue weighted by atomic mass is 10.6. The van der Waals surface area contributed by atoms with Gasteiger partial charge in [0.25, 0.3) is 0 Å². The van der Waals surface area contributed by atoms with Crippen molar-refractivity contribution < 1.29 is 19.2 Å². The monoisotopic (exact) mass is 548 g/mol. The molecule has 0 aliphatic heterocycles. The number of amides is 4. The summed E-state index contributed by atoms with van der Waals surface area (Å²) in [7, 11) is 0. The standard InChI is InChI=1S/C20H32N4O4S4Si/c1-5-17(25)21-9-13-29-33(30-14-10-22-18(26)6-2,31-15-11-23-19(27)7-3)32-16-12-24-20(28)8-4/h5-8H,1-4,9-16H2,(H,21,25)(H,22,26)(H,23,27)(H,24,28). The molecule has 0 fully saturated rings. The number of carbonyl (C=O) groups is 4. The molecule has 33 heavy (non-hydrogen) atoms. The van der Waals surface area contributed by atoms with Crippen LogP contribution in [0.5, 0.6) is 0 Å². The lowest BCUT2D eigenvalue weighted by molar-refractivity contribution is -0.117. The van der Waals surface area contributed by atoms with Gasteiger partial charge in [-0.05, 0) is 24.3 Å². The molecular formula is C20H32N4O4S4Si. The molecule has 8 nitrogen and oxygen atoms in total. The van der Waals surface area contributed by atoms with Crippen LogP contribution in [0, 0.1) is 0 Å². The van der Waals surface area contributed by atoms with Crippen molar-refractivity contribution in [3.63, 3.8) is 0 Å². The minimum Gasteiger partial charge on any atom is -0.352 e. The molecule has 0 heterocycles. The molecule has 0 rings (SSSR count). The van der Waals surface area contributed by atoms with Crippen LogP contribution in [0.2, 0.25) is 0 Å². The van der Waals surface area contributed by atoms with Gasteiger partial charge in [0.05, 0.1) is 0 Å². The molecule has 0 aromatic carbocycles. The quantitative estimate of drug-likeness (QED) is 0.103. The molecule has 4 N–H and O–H groups in total. The van der Waals surface area contributed by atoms with Gasteiger partial charge in [-0.3, -0.25) is 19.2 Å². The van der Waals surface area contributed by atoms with Crippen LogP contribution in [-0.2, 0) is 19.2 Å². The van der Waals surface area contributed by atoms with Crippen LogP contribution in [0.25, 0.3) is 0 Å². The van der Waals surface area contributed by atoms with Gasteiger partial charge in [0.2, 0.25) is 23.6 Å². The topological polar surface area (TPSA) is 116 Å². The van der Waals surface area contributed by atoms with Crippen molar-refractivity contribution in [2.75, 3.05) is 49.2 Å². The number of rotatable bonds is 20. The van der Waals surface area contributed by atoms with E-state index in [0.29, 0.717) is 49.2 Å². The predicted molar refractivity (Wildman–Crippen MR) is 148 cm³/mol. The average molecular weight is 549 g/mol. The first-order chi connectivity index (χ1) is 15.8. The van der Waals surface area contributed by atoms with E-state index in [1.54, 1.807) is 44.8 Å². The third kappa shape index (κ3) is 16.7. The van der Waals surface area contributed by atoms with Crippen molar-refractivity contribution in [2.24, 2.45) is 0 Å². The Hall–Kier alpha value is -1.54. The van der Waals surface area contributed by atoms with E-state index in [4.69, 9.17) is 0 Å². The van der Waals surface area contributed by atoms with E-state index < -0.39 is 4.67 Å². The fourth-order valence-electron chi connectivity index (χ4n) is 1.94. The molecule has 0 saturated carbocycles. The summed E-state index contributed by atoms with van der Waals surface area (Å²) in [4.78, 5) is 45.8. The molecule has 0 aliphatic carbocycles. The third-order valence-corrected chi connectivity index (χ3v) is 25.9. The minimum atomic E-state index is -2.17. The predicted octanol–water partition coefficient (Wildman–Crippen LogP) is 1.56. The SMILES string of the molecule is C=CC(=O)NCCS[Si](SCCNC(=O)C=C)(SCCNC(=O)C=C)SCCNC(=O)C=C. The Labute approximate surface area is 212 Å². The zero-order valence-electron chi connectivity index (χ0n) is 18.6. The first kappa shape index (κ1) is 31.5. The summed E-state index contributed by atoms with van der Waals surface area (Å²) in [5.74, 6) is 1.94. The lowest BCUT2D eigenvalue weighted by Gasteiger charge is -2.29. The molecule has 0 aliphatic rings. The van der Waals surface area contributed by atoms with Gasteiger partial charge in [-0.25, -0.2) is 0 Å². The summed E-state index contributed by atoms with van der Waals surface area (Å²) < 4.78 is -2.17. The molecular weight excluding hydrogens is 517 g/mol. The molecule has 0 aromatic heterocycles. The van der Waals surface area contributed by atoms with Crippen LogP contribution < -0.4 is 21.3 Å². The van der Waals surface area contributed by atoms with Gasteiger partial charge in [-0.2, -0.15) is 0 Å². The Bertz CT molecular complexity index is 592. The van der Waals surface area contributed by atoms with Gasteiger partial charge >= 0.3 is 4.67 Å². The van der Waals surface area contributed by atoms with Crippen LogP contribution >= 0.6 is 44.8 Å². The summed E-state index contributed by atoms with van der Waals surface area (Å²) in [5.41, 5.74) is 0. The lowest BCUT2D eigenvalue weighted by Crippen LogP contribution is -2.32. The largest absolute Gasteiger partial charge is 0.352 e. The van der Waals surface area contributed by atoms with E-state index >= 15 is 0 Å². The smallest absolute Gasteiger partial charge is 0.301 e. The van der Waals surface area contributed by atoms with Crippen LogP contribution in [0.4, 0.5) is 0 Å². The van der Waals surface area contributed by atoms with Crippen molar-refractivity contribution in [1.82, 2.24) is 21.3 Å². The zero-order chi connectivity index (χ0) is 25.0. The molecule has 0 atom stereocenters. The van der Waals surface area contributed by atoms with E-state index in [1.807, 2.05) is 0 Å². The highest BCUT2D eigenvalue weighted by Crippen LogP contribution is 2.49. The number of carbonyl (C=O) groups excluding carboxylic acids is 4. The molecule has 0 spiro atoms. The Kier molecular flexibility index (Phi) is 19.0. The Morgan fingerprint density at radius 3 is 0.909 bits per heavy atom. The highest BCUT2D eigenvalue weighted by molar-refractivity contribution is 8.99. The molecule has 0 radical (unpaired) electrons. The first-order valence-corrected chi connectivity index (χ1v) is 18.8. The normalized spacial score (nSPS) is 10.4. The van der Waals surface area contributed by atoms with Crippen LogP contribution in [0.15, 0.2) is 50.6 Å². The molecule has 0 unspecified atom stereocenters. The van der Waals surface area contributed by atoms with Gasteiger partial charge in [-0.1, -0.05) is 26.3 Å². The van der Waals surface area contributed by atoms with Crippen molar-refractivity contribution in [3.05, 3.63) is 50.6 Å². The maximum Gasteiger partial charge on any atom is 0.301 e. The zero-order valence-corrected chi connectivity index (χ0v) is 22.8. The highest BCUT2D eigenvalue weighted by atomic mass is 32.9. The summed E-state index contributed by atoms with van der Waals surface area (Å²) in [6.45, 7) is 15.8. The second-order valence-electron chi connectivity index (χ2n) is 5.87. The third-order valence-electron chi connectivity index (χ3n) is 3.46.